The maximum Gasteiger partial charge on any atom is 0.157 e. The van der Waals surface area contributed by atoms with E-state index in [9.17, 15) is 0 Å². The molecule has 0 aromatic carbocycles. The first-order chi connectivity index (χ1) is 16.5. The lowest BCUT2D eigenvalue weighted by atomic mass is 10.1. The topological polar surface area (TPSA) is 152 Å². The van der Waals surface area contributed by atoms with E-state index in [4.69, 9.17) is 15.2 Å². The van der Waals surface area contributed by atoms with Crippen molar-refractivity contribution in [2.45, 2.75) is 0 Å². The largest absolute Gasteiger partial charge is 0.495 e. The van der Waals surface area contributed by atoms with Gasteiger partial charge in [0.1, 0.15) is 23.1 Å². The van der Waals surface area contributed by atoms with Crippen molar-refractivity contribution >= 4 is 28.5 Å². The van der Waals surface area contributed by atoms with Gasteiger partial charge < -0.3 is 20.5 Å². The number of aryl methyl sites for hydroxylation is 1. The molecule has 0 saturated heterocycles. The molecule has 12 heteroatoms. The molecule has 0 saturated carbocycles. The van der Waals surface area contributed by atoms with Crippen molar-refractivity contribution in [3.63, 3.8) is 0 Å². The first-order valence-electron chi connectivity index (χ1n) is 10.1. The van der Waals surface area contributed by atoms with Crippen LogP contribution in [0.3, 0.4) is 0 Å². The Balaban J connectivity index is 0.000000257. The van der Waals surface area contributed by atoms with E-state index >= 15 is 0 Å². The molecule has 0 fully saturated rings. The zero-order chi connectivity index (χ0) is 23.9. The summed E-state index contributed by atoms with van der Waals surface area (Å²) in [5, 5.41) is 22.3. The van der Waals surface area contributed by atoms with Crippen molar-refractivity contribution in [2.75, 3.05) is 25.3 Å². The average molecular weight is 458 g/mol. The second-order valence-corrected chi connectivity index (χ2v) is 6.99. The summed E-state index contributed by atoms with van der Waals surface area (Å²) in [5.74, 6) is 2.83. The van der Waals surface area contributed by atoms with Crippen molar-refractivity contribution < 1.29 is 9.47 Å². The Morgan fingerprint density at radius 1 is 0.824 bits per heavy atom. The molecule has 0 amide bonds. The Hall–Kier alpha value is -4.87. The second kappa shape index (κ2) is 10.2. The van der Waals surface area contributed by atoms with Gasteiger partial charge in [0.05, 0.1) is 43.8 Å². The molecular formula is C22H22N10O2. The Kier molecular flexibility index (Phi) is 6.68. The van der Waals surface area contributed by atoms with Crippen molar-refractivity contribution in [3.8, 4) is 22.6 Å². The van der Waals surface area contributed by atoms with E-state index in [1.165, 1.54) is 6.20 Å². The normalized spacial score (nSPS) is 10.3. The highest BCUT2D eigenvalue weighted by Crippen LogP contribution is 2.23. The third-order valence-electron chi connectivity index (χ3n) is 4.58. The molecule has 0 bridgehead atoms. The number of rotatable bonds is 5. The summed E-state index contributed by atoms with van der Waals surface area (Å²) in [6.45, 7) is 0. The molecule has 3 N–H and O–H groups in total. The SMILES string of the molecule is COc1cnnc(N)c1.COc1cnnc(Nc2ccc3ncc(-c4cnn(C)c4)cc3n2)c1. The minimum absolute atomic E-state index is 0.370. The fourth-order valence-electron chi connectivity index (χ4n) is 2.93. The lowest BCUT2D eigenvalue weighted by molar-refractivity contribution is 0.412. The number of methoxy groups -OCH3 is 2. The Morgan fingerprint density at radius 2 is 1.59 bits per heavy atom. The van der Waals surface area contributed by atoms with Crippen LogP contribution < -0.4 is 20.5 Å². The molecule has 34 heavy (non-hydrogen) atoms. The van der Waals surface area contributed by atoms with Crippen LogP contribution in [-0.2, 0) is 7.05 Å². The van der Waals surface area contributed by atoms with Gasteiger partial charge >= 0.3 is 0 Å². The quantitative estimate of drug-likeness (QED) is 0.400. The van der Waals surface area contributed by atoms with E-state index in [0.717, 1.165) is 22.2 Å². The monoisotopic (exact) mass is 458 g/mol. The molecule has 0 aliphatic heterocycles. The maximum atomic E-state index is 5.28. The van der Waals surface area contributed by atoms with E-state index < -0.39 is 0 Å². The first kappa shape index (κ1) is 22.3. The van der Waals surface area contributed by atoms with E-state index in [1.807, 2.05) is 37.6 Å². The number of anilines is 3. The molecular weight excluding hydrogens is 436 g/mol. The zero-order valence-corrected chi connectivity index (χ0v) is 18.7. The Bertz CT molecular complexity index is 1410. The van der Waals surface area contributed by atoms with Gasteiger partial charge in [-0.25, -0.2) is 4.98 Å². The van der Waals surface area contributed by atoms with Crippen molar-refractivity contribution in [1.82, 2.24) is 40.1 Å². The number of pyridine rings is 2. The Morgan fingerprint density at radius 3 is 2.26 bits per heavy atom. The van der Waals surface area contributed by atoms with Gasteiger partial charge in [0, 0.05) is 42.7 Å². The molecule has 5 heterocycles. The van der Waals surface area contributed by atoms with Gasteiger partial charge in [-0.3, -0.25) is 9.67 Å². The summed E-state index contributed by atoms with van der Waals surface area (Å²) in [6, 6.07) is 9.10. The summed E-state index contributed by atoms with van der Waals surface area (Å²) in [7, 11) is 5.02. The van der Waals surface area contributed by atoms with Crippen LogP contribution in [0.1, 0.15) is 0 Å². The summed E-state index contributed by atoms with van der Waals surface area (Å²) < 4.78 is 11.7. The molecule has 0 aliphatic carbocycles. The summed E-state index contributed by atoms with van der Waals surface area (Å²) >= 11 is 0. The predicted molar refractivity (Wildman–Crippen MR) is 127 cm³/mol. The fourth-order valence-corrected chi connectivity index (χ4v) is 2.93. The van der Waals surface area contributed by atoms with Crippen LogP contribution in [0, 0.1) is 0 Å². The first-order valence-corrected chi connectivity index (χ1v) is 10.1. The van der Waals surface area contributed by atoms with Crippen LogP contribution in [0.2, 0.25) is 0 Å². The highest BCUT2D eigenvalue weighted by molar-refractivity contribution is 5.81. The number of nitrogens with one attached hydrogen (secondary N) is 1. The van der Waals surface area contributed by atoms with Crippen LogP contribution in [-0.4, -0.2) is 54.4 Å². The average Bonchev–Trinajstić information content (AvgIpc) is 3.30. The van der Waals surface area contributed by atoms with Gasteiger partial charge in [0.15, 0.2) is 5.82 Å². The lowest BCUT2D eigenvalue weighted by Crippen LogP contribution is -1.98. The van der Waals surface area contributed by atoms with E-state index in [-0.39, 0.29) is 0 Å². The highest BCUT2D eigenvalue weighted by Gasteiger charge is 2.06. The van der Waals surface area contributed by atoms with Crippen molar-refractivity contribution in [3.05, 3.63) is 61.3 Å². The van der Waals surface area contributed by atoms with E-state index in [2.05, 4.69) is 40.8 Å². The van der Waals surface area contributed by atoms with Gasteiger partial charge in [-0.05, 0) is 18.2 Å². The number of hydrogen-bond acceptors (Lipinski definition) is 11. The molecule has 5 aromatic rings. The van der Waals surface area contributed by atoms with Gasteiger partial charge in [0.25, 0.3) is 0 Å². The molecule has 0 radical (unpaired) electrons. The molecule has 0 atom stereocenters. The minimum Gasteiger partial charge on any atom is -0.495 e. The summed E-state index contributed by atoms with van der Waals surface area (Å²) in [5.41, 5.74) is 8.84. The van der Waals surface area contributed by atoms with Gasteiger partial charge in [-0.15, -0.1) is 10.2 Å². The minimum atomic E-state index is 0.370. The predicted octanol–water partition coefficient (Wildman–Crippen LogP) is 2.64. The third-order valence-corrected chi connectivity index (χ3v) is 4.58. The molecule has 5 rings (SSSR count). The highest BCUT2D eigenvalue weighted by atomic mass is 16.5. The molecule has 0 unspecified atom stereocenters. The number of nitrogen functional groups attached to an aromatic ring is 1. The fraction of sp³-hybridized carbons (Fsp3) is 0.136. The number of nitrogens with zero attached hydrogens (tertiary/aromatic N) is 8. The maximum absolute atomic E-state index is 5.28. The van der Waals surface area contributed by atoms with Crippen molar-refractivity contribution in [1.29, 1.82) is 0 Å². The second-order valence-electron chi connectivity index (χ2n) is 6.99. The van der Waals surface area contributed by atoms with Crippen LogP contribution in [0.25, 0.3) is 22.2 Å². The standard InChI is InChI=1S/C17H15N7O.C5H7N3O/c1-24-10-12(8-20-24)11-5-15-14(18-7-11)3-4-16(21-15)22-17-6-13(25-2)9-19-23-17;1-9-4-2-5(6)8-7-3-4/h3-10H,1-2H3,(H,21,22,23);2-3H,1H3,(H2,6,8). The number of ether oxygens (including phenoxy) is 2. The molecule has 172 valence electrons. The van der Waals surface area contributed by atoms with Crippen LogP contribution in [0.4, 0.5) is 17.5 Å². The van der Waals surface area contributed by atoms with Crippen molar-refractivity contribution in [2.24, 2.45) is 7.05 Å². The summed E-state index contributed by atoms with van der Waals surface area (Å²) in [6.07, 6.45) is 8.61. The van der Waals surface area contributed by atoms with Crippen LogP contribution >= 0.6 is 0 Å². The van der Waals surface area contributed by atoms with Crippen LogP contribution in [0.15, 0.2) is 61.3 Å². The molecule has 0 aliphatic rings. The zero-order valence-electron chi connectivity index (χ0n) is 18.7. The lowest BCUT2D eigenvalue weighted by Gasteiger charge is -2.07. The van der Waals surface area contributed by atoms with Gasteiger partial charge in [-0.1, -0.05) is 0 Å². The number of nitrogens with two attached hydrogens (primary N) is 1. The van der Waals surface area contributed by atoms with E-state index in [0.29, 0.717) is 29.0 Å². The molecule has 0 spiro atoms. The summed E-state index contributed by atoms with van der Waals surface area (Å²) in [4.78, 5) is 9.08. The molecule has 5 aromatic heterocycles. The number of aromatic nitrogens is 8. The van der Waals surface area contributed by atoms with E-state index in [1.54, 1.807) is 43.4 Å². The van der Waals surface area contributed by atoms with Gasteiger partial charge in [0.2, 0.25) is 0 Å². The third kappa shape index (κ3) is 5.48. The number of fused-ring (bicyclic) bond motifs is 1. The van der Waals surface area contributed by atoms with Crippen LogP contribution in [0.5, 0.6) is 11.5 Å². The molecule has 12 nitrogen and oxygen atoms in total. The Labute approximate surface area is 194 Å². The number of hydrogen-bond donors (Lipinski definition) is 2. The van der Waals surface area contributed by atoms with Gasteiger partial charge in [-0.2, -0.15) is 15.3 Å². The smallest absolute Gasteiger partial charge is 0.157 e.